The lowest BCUT2D eigenvalue weighted by Crippen LogP contribution is -2.36. The Morgan fingerprint density at radius 3 is 2.27 bits per heavy atom. The van der Waals surface area contributed by atoms with Crippen molar-refractivity contribution in [2.45, 2.75) is 97.5 Å². The van der Waals surface area contributed by atoms with Crippen molar-refractivity contribution >= 4 is 5.78 Å². The fourth-order valence-electron chi connectivity index (χ4n) is 4.50. The summed E-state index contributed by atoms with van der Waals surface area (Å²) in [6.45, 7) is 6.24. The van der Waals surface area contributed by atoms with E-state index in [0.717, 1.165) is 51.4 Å². The summed E-state index contributed by atoms with van der Waals surface area (Å²) >= 11 is 0. The zero-order valence-corrected chi connectivity index (χ0v) is 17.1. The average Bonchev–Trinajstić information content (AvgIpc) is 2.66. The van der Waals surface area contributed by atoms with E-state index < -0.39 is 0 Å². The van der Waals surface area contributed by atoms with Crippen LogP contribution in [0.5, 0.6) is 0 Å². The summed E-state index contributed by atoms with van der Waals surface area (Å²) in [6.07, 6.45) is 11.3. The minimum absolute atomic E-state index is 0.150. The van der Waals surface area contributed by atoms with E-state index in [0.29, 0.717) is 11.7 Å². The SMILES string of the molecule is CCc1ccc(CCCC(CC)CCC2(C(C)=O)CCC(O)CC2)cc1. The maximum absolute atomic E-state index is 12.3. The number of aliphatic hydroxyl groups excluding tert-OH is 1. The van der Waals surface area contributed by atoms with Gasteiger partial charge in [-0.2, -0.15) is 0 Å². The summed E-state index contributed by atoms with van der Waals surface area (Å²) in [5, 5.41) is 9.79. The number of benzene rings is 1. The number of hydrogen-bond donors (Lipinski definition) is 1. The van der Waals surface area contributed by atoms with Crippen molar-refractivity contribution < 1.29 is 9.90 Å². The Morgan fingerprint density at radius 1 is 1.12 bits per heavy atom. The van der Waals surface area contributed by atoms with Crippen LogP contribution in [0.25, 0.3) is 0 Å². The lowest BCUT2D eigenvalue weighted by molar-refractivity contribution is -0.130. The van der Waals surface area contributed by atoms with Crippen LogP contribution in [0.15, 0.2) is 24.3 Å². The molecule has 146 valence electrons. The molecule has 1 atom stereocenters. The third-order valence-electron chi connectivity index (χ3n) is 6.78. The van der Waals surface area contributed by atoms with Gasteiger partial charge >= 0.3 is 0 Å². The summed E-state index contributed by atoms with van der Waals surface area (Å²) in [5.74, 6) is 1.06. The molecule has 0 saturated heterocycles. The van der Waals surface area contributed by atoms with Gasteiger partial charge < -0.3 is 5.11 Å². The van der Waals surface area contributed by atoms with Crippen molar-refractivity contribution in [2.24, 2.45) is 11.3 Å². The van der Waals surface area contributed by atoms with Crippen molar-refractivity contribution in [2.75, 3.05) is 0 Å². The summed E-state index contributed by atoms with van der Waals surface area (Å²) in [5.41, 5.74) is 2.70. The highest BCUT2D eigenvalue weighted by Crippen LogP contribution is 2.42. The van der Waals surface area contributed by atoms with Gasteiger partial charge in [-0.25, -0.2) is 0 Å². The van der Waals surface area contributed by atoms with Crippen LogP contribution in [0.3, 0.4) is 0 Å². The van der Waals surface area contributed by atoms with Gasteiger partial charge in [0.2, 0.25) is 0 Å². The Hall–Kier alpha value is -1.15. The number of ketones is 1. The van der Waals surface area contributed by atoms with E-state index in [1.807, 2.05) is 0 Å². The molecule has 0 amide bonds. The molecule has 1 N–H and O–H groups in total. The summed E-state index contributed by atoms with van der Waals surface area (Å²) in [4.78, 5) is 12.3. The first-order chi connectivity index (χ1) is 12.5. The predicted octanol–water partition coefficient (Wildman–Crippen LogP) is 5.89. The molecule has 2 nitrogen and oxygen atoms in total. The molecular weight excluding hydrogens is 320 g/mol. The van der Waals surface area contributed by atoms with Gasteiger partial charge in [0.1, 0.15) is 5.78 Å². The highest BCUT2D eigenvalue weighted by atomic mass is 16.3. The van der Waals surface area contributed by atoms with Gasteiger partial charge in [0.15, 0.2) is 0 Å². The van der Waals surface area contributed by atoms with E-state index in [9.17, 15) is 9.90 Å². The molecule has 0 radical (unpaired) electrons. The fraction of sp³-hybridized carbons (Fsp3) is 0.708. The lowest BCUT2D eigenvalue weighted by Gasteiger charge is -2.38. The first-order valence-corrected chi connectivity index (χ1v) is 10.8. The molecule has 1 saturated carbocycles. The molecule has 1 fully saturated rings. The van der Waals surface area contributed by atoms with Crippen LogP contribution in [0, 0.1) is 11.3 Å². The minimum Gasteiger partial charge on any atom is -0.393 e. The fourth-order valence-corrected chi connectivity index (χ4v) is 4.50. The normalized spacial score (nSPS) is 24.4. The zero-order valence-electron chi connectivity index (χ0n) is 17.1. The minimum atomic E-state index is -0.191. The van der Waals surface area contributed by atoms with E-state index in [2.05, 4.69) is 38.1 Å². The van der Waals surface area contributed by atoms with Crippen LogP contribution in [-0.2, 0) is 17.6 Å². The second-order valence-electron chi connectivity index (χ2n) is 8.44. The molecule has 26 heavy (non-hydrogen) atoms. The maximum atomic E-state index is 12.3. The summed E-state index contributed by atoms with van der Waals surface area (Å²) in [7, 11) is 0. The zero-order chi connectivity index (χ0) is 19.0. The van der Waals surface area contributed by atoms with E-state index in [1.54, 1.807) is 6.92 Å². The van der Waals surface area contributed by atoms with Crippen molar-refractivity contribution in [3.8, 4) is 0 Å². The molecule has 0 bridgehead atoms. The van der Waals surface area contributed by atoms with Crippen LogP contribution in [0.4, 0.5) is 0 Å². The number of aliphatic hydroxyl groups is 1. The van der Waals surface area contributed by atoms with E-state index >= 15 is 0 Å². The molecule has 2 rings (SSSR count). The molecule has 0 heterocycles. The van der Waals surface area contributed by atoms with Crippen molar-refractivity contribution in [3.63, 3.8) is 0 Å². The van der Waals surface area contributed by atoms with Gasteiger partial charge in [0, 0.05) is 5.41 Å². The Morgan fingerprint density at radius 2 is 1.73 bits per heavy atom. The second kappa shape index (κ2) is 10.3. The molecule has 1 aromatic carbocycles. The van der Waals surface area contributed by atoms with Crippen molar-refractivity contribution in [3.05, 3.63) is 35.4 Å². The Balaban J connectivity index is 1.79. The number of carbonyl (C=O) groups excluding carboxylic acids is 1. The summed E-state index contributed by atoms with van der Waals surface area (Å²) < 4.78 is 0. The molecule has 1 aromatic rings. The maximum Gasteiger partial charge on any atom is 0.135 e. The molecule has 0 aromatic heterocycles. The summed E-state index contributed by atoms with van der Waals surface area (Å²) in [6, 6.07) is 9.05. The van der Waals surface area contributed by atoms with Crippen molar-refractivity contribution in [1.82, 2.24) is 0 Å². The van der Waals surface area contributed by atoms with Crippen molar-refractivity contribution in [1.29, 1.82) is 0 Å². The first-order valence-electron chi connectivity index (χ1n) is 10.8. The predicted molar refractivity (Wildman–Crippen MR) is 109 cm³/mol. The van der Waals surface area contributed by atoms with Gasteiger partial charge in [0.05, 0.1) is 6.10 Å². The lowest BCUT2D eigenvalue weighted by atomic mass is 9.67. The number of aryl methyl sites for hydroxylation is 2. The first kappa shape index (κ1) is 21.2. The molecule has 0 aliphatic heterocycles. The number of Topliss-reactive ketones (excluding diaryl/α,β-unsaturated/α-hetero) is 1. The Labute approximate surface area is 160 Å². The number of rotatable bonds is 10. The quantitative estimate of drug-likeness (QED) is 0.566. The number of hydrogen-bond acceptors (Lipinski definition) is 2. The monoisotopic (exact) mass is 358 g/mol. The number of carbonyl (C=O) groups is 1. The molecular formula is C24H38O2. The van der Waals surface area contributed by atoms with Crippen LogP contribution in [0.2, 0.25) is 0 Å². The van der Waals surface area contributed by atoms with Crippen LogP contribution in [-0.4, -0.2) is 17.0 Å². The largest absolute Gasteiger partial charge is 0.393 e. The third-order valence-corrected chi connectivity index (χ3v) is 6.78. The molecule has 1 aliphatic rings. The molecule has 1 aliphatic carbocycles. The Kier molecular flexibility index (Phi) is 8.34. The topological polar surface area (TPSA) is 37.3 Å². The van der Waals surface area contributed by atoms with E-state index in [4.69, 9.17) is 0 Å². The molecule has 1 unspecified atom stereocenters. The standard InChI is InChI=1S/C24H38O2/c1-4-20(7-6-8-22-11-9-21(5-2)10-12-22)13-16-24(19(3)25)17-14-23(26)15-18-24/h9-12,20,23,26H,4-8,13-18H2,1-3H3. The van der Waals surface area contributed by atoms with Gasteiger partial charge in [-0.1, -0.05) is 51.0 Å². The second-order valence-corrected chi connectivity index (χ2v) is 8.44. The molecule has 2 heteroatoms. The van der Waals surface area contributed by atoms with Gasteiger partial charge in [-0.05, 0) is 81.8 Å². The van der Waals surface area contributed by atoms with E-state index in [-0.39, 0.29) is 11.5 Å². The van der Waals surface area contributed by atoms with Gasteiger partial charge in [-0.3, -0.25) is 4.79 Å². The van der Waals surface area contributed by atoms with Gasteiger partial charge in [0.25, 0.3) is 0 Å². The van der Waals surface area contributed by atoms with E-state index in [1.165, 1.54) is 30.4 Å². The highest BCUT2D eigenvalue weighted by molar-refractivity contribution is 5.82. The van der Waals surface area contributed by atoms with Crippen LogP contribution >= 0.6 is 0 Å². The highest BCUT2D eigenvalue weighted by Gasteiger charge is 2.38. The average molecular weight is 359 g/mol. The third kappa shape index (κ3) is 5.94. The molecule has 0 spiro atoms. The van der Waals surface area contributed by atoms with Gasteiger partial charge in [-0.15, -0.1) is 0 Å². The van der Waals surface area contributed by atoms with Crippen LogP contribution in [0.1, 0.15) is 89.7 Å². The smallest absolute Gasteiger partial charge is 0.135 e. The Bertz CT molecular complexity index is 538. The van der Waals surface area contributed by atoms with Crippen LogP contribution < -0.4 is 0 Å².